The van der Waals surface area contributed by atoms with E-state index in [1.807, 2.05) is 42.5 Å². The molecular weight excluding hydrogens is 449 g/mol. The van der Waals surface area contributed by atoms with Gasteiger partial charge in [0, 0.05) is 40.1 Å². The number of nitrogens with zero attached hydrogens (tertiary/aromatic N) is 1. The molecule has 2 aliphatic rings. The van der Waals surface area contributed by atoms with Crippen LogP contribution in [0, 0.1) is 5.82 Å². The average Bonchev–Trinajstić information content (AvgIpc) is 3.45. The molecule has 0 saturated carbocycles. The topological polar surface area (TPSA) is 77.9 Å². The second-order valence-corrected chi connectivity index (χ2v) is 8.83. The number of ether oxygens (including phenoxy) is 3. The highest BCUT2D eigenvalue weighted by Crippen LogP contribution is 2.44. The maximum absolute atomic E-state index is 14.9. The highest BCUT2D eigenvalue weighted by atomic mass is 19.1. The Bertz CT molecular complexity index is 1450. The Morgan fingerprint density at radius 3 is 2.89 bits per heavy atom. The number of carbonyl (C=O) groups is 1. The molecule has 2 heterocycles. The van der Waals surface area contributed by atoms with Crippen LogP contribution >= 0.6 is 0 Å². The molecule has 176 valence electrons. The molecule has 0 unspecified atom stereocenters. The van der Waals surface area contributed by atoms with E-state index in [1.54, 1.807) is 18.2 Å². The molecule has 6 rings (SSSR count). The van der Waals surface area contributed by atoms with Gasteiger partial charge in [0.15, 0.2) is 0 Å². The van der Waals surface area contributed by atoms with E-state index >= 15 is 0 Å². The molecule has 3 aromatic carbocycles. The molecule has 0 bridgehead atoms. The van der Waals surface area contributed by atoms with Crippen LogP contribution in [0.4, 0.5) is 4.39 Å². The third-order valence-electron chi connectivity index (χ3n) is 6.59. The summed E-state index contributed by atoms with van der Waals surface area (Å²) in [6.45, 7) is 0.329. The molecule has 1 aliphatic carbocycles. The zero-order valence-electron chi connectivity index (χ0n) is 18.7. The number of benzene rings is 3. The quantitative estimate of drug-likeness (QED) is 0.362. The van der Waals surface area contributed by atoms with E-state index in [0.717, 1.165) is 22.0 Å². The summed E-state index contributed by atoms with van der Waals surface area (Å²) >= 11 is 0. The van der Waals surface area contributed by atoms with Gasteiger partial charge in [-0.15, -0.1) is 0 Å². The Kier molecular flexibility index (Phi) is 5.25. The second-order valence-electron chi connectivity index (χ2n) is 8.83. The van der Waals surface area contributed by atoms with Crippen LogP contribution in [0.2, 0.25) is 0 Å². The van der Waals surface area contributed by atoms with Crippen molar-refractivity contribution in [2.24, 2.45) is 0 Å². The summed E-state index contributed by atoms with van der Waals surface area (Å²) < 4.78 is 32.9. The van der Waals surface area contributed by atoms with E-state index in [4.69, 9.17) is 19.3 Å². The Labute approximate surface area is 200 Å². The number of halogens is 1. The van der Waals surface area contributed by atoms with Crippen molar-refractivity contribution in [1.82, 2.24) is 4.98 Å². The minimum atomic E-state index is -0.860. The predicted octanol–water partition coefficient (Wildman–Crippen LogP) is 6.18. The number of pyridine rings is 1. The highest BCUT2D eigenvalue weighted by molar-refractivity contribution is 5.78. The lowest BCUT2D eigenvalue weighted by Gasteiger charge is -2.17. The lowest BCUT2D eigenvalue weighted by atomic mass is 9.98. The van der Waals surface area contributed by atoms with Gasteiger partial charge in [0.2, 0.25) is 5.88 Å². The number of hydrogen-bond acceptors (Lipinski definition) is 5. The first-order valence-corrected chi connectivity index (χ1v) is 11.6. The maximum Gasteiger partial charge on any atom is 0.304 e. The van der Waals surface area contributed by atoms with Crippen molar-refractivity contribution in [3.05, 3.63) is 89.2 Å². The summed E-state index contributed by atoms with van der Waals surface area (Å²) in [7, 11) is 0. The lowest BCUT2D eigenvalue weighted by Crippen LogP contribution is -2.07. The molecule has 1 aromatic heterocycles. The molecule has 0 saturated heterocycles. The standard InChI is InChI=1S/C28H22FNO5/c29-21-9-11-23(35-26-12-5-16-3-1-2-4-22(16)30-26)20-8-10-24(28(20)21)34-18-6-7-19-17(13-27(31)32)15-33-25(19)14-18/h1-7,9,11-12,14,17,24H,8,10,13,15H2,(H,31,32)/t17-,24-/m1/s1. The van der Waals surface area contributed by atoms with Crippen molar-refractivity contribution in [1.29, 1.82) is 0 Å². The van der Waals surface area contributed by atoms with Crippen molar-refractivity contribution in [2.75, 3.05) is 6.61 Å². The fourth-order valence-corrected chi connectivity index (χ4v) is 4.95. The summed E-state index contributed by atoms with van der Waals surface area (Å²) in [6, 6.07) is 20.0. The summed E-state index contributed by atoms with van der Waals surface area (Å²) in [5, 5.41) is 10.1. The fourth-order valence-electron chi connectivity index (χ4n) is 4.95. The van der Waals surface area contributed by atoms with Gasteiger partial charge in [0.1, 0.15) is 29.2 Å². The molecule has 0 spiro atoms. The number of aliphatic carboxylic acids is 1. The van der Waals surface area contributed by atoms with E-state index in [9.17, 15) is 9.18 Å². The van der Waals surface area contributed by atoms with Crippen molar-refractivity contribution in [2.45, 2.75) is 31.3 Å². The first kappa shape index (κ1) is 21.4. The second kappa shape index (κ2) is 8.58. The van der Waals surface area contributed by atoms with Gasteiger partial charge in [-0.2, -0.15) is 0 Å². The van der Waals surface area contributed by atoms with Crippen molar-refractivity contribution in [3.63, 3.8) is 0 Å². The van der Waals surface area contributed by atoms with Gasteiger partial charge < -0.3 is 19.3 Å². The number of fused-ring (bicyclic) bond motifs is 3. The zero-order valence-corrected chi connectivity index (χ0v) is 18.7. The van der Waals surface area contributed by atoms with E-state index in [-0.39, 0.29) is 18.2 Å². The molecule has 0 fully saturated rings. The van der Waals surface area contributed by atoms with E-state index < -0.39 is 12.1 Å². The van der Waals surface area contributed by atoms with Crippen LogP contribution in [0.1, 0.15) is 41.6 Å². The van der Waals surface area contributed by atoms with Crippen LogP contribution in [-0.4, -0.2) is 22.7 Å². The zero-order chi connectivity index (χ0) is 23.9. The van der Waals surface area contributed by atoms with Crippen LogP contribution in [0.25, 0.3) is 10.9 Å². The van der Waals surface area contributed by atoms with Crippen molar-refractivity contribution >= 4 is 16.9 Å². The summed E-state index contributed by atoms with van der Waals surface area (Å²) in [6.07, 6.45) is 0.774. The van der Waals surface area contributed by atoms with E-state index in [1.165, 1.54) is 6.07 Å². The molecule has 1 aliphatic heterocycles. The highest BCUT2D eigenvalue weighted by Gasteiger charge is 2.32. The summed E-state index contributed by atoms with van der Waals surface area (Å²) in [5.74, 6) is 0.829. The maximum atomic E-state index is 14.9. The number of rotatable bonds is 6. The Hall–Kier alpha value is -4.13. The first-order valence-electron chi connectivity index (χ1n) is 11.6. The van der Waals surface area contributed by atoms with Gasteiger partial charge in [0.05, 0.1) is 18.5 Å². The van der Waals surface area contributed by atoms with Gasteiger partial charge in [-0.1, -0.05) is 24.3 Å². The normalized spacial score (nSPS) is 18.1. The number of carboxylic acids is 1. The van der Waals surface area contributed by atoms with E-state index in [2.05, 4.69) is 4.98 Å². The van der Waals surface area contributed by atoms with E-state index in [0.29, 0.717) is 48.1 Å². The third-order valence-corrected chi connectivity index (χ3v) is 6.59. The summed E-state index contributed by atoms with van der Waals surface area (Å²) in [5.41, 5.74) is 2.96. The minimum Gasteiger partial charge on any atom is -0.492 e. The van der Waals surface area contributed by atoms with Crippen LogP contribution < -0.4 is 14.2 Å². The van der Waals surface area contributed by atoms with Gasteiger partial charge in [-0.25, -0.2) is 9.37 Å². The third kappa shape index (κ3) is 4.03. The smallest absolute Gasteiger partial charge is 0.304 e. The molecular formula is C28H22FNO5. The molecule has 0 amide bonds. The monoisotopic (exact) mass is 471 g/mol. The van der Waals surface area contributed by atoms with Gasteiger partial charge in [-0.3, -0.25) is 4.79 Å². The SMILES string of the molecule is O=C(O)C[C@@H]1COc2cc(O[C@@H]3CCc4c(Oc5ccc6ccccc6n5)ccc(F)c43)ccc21. The minimum absolute atomic E-state index is 0.0171. The largest absolute Gasteiger partial charge is 0.492 e. The number of hydrogen-bond donors (Lipinski definition) is 1. The van der Waals surface area contributed by atoms with Crippen LogP contribution in [-0.2, 0) is 11.2 Å². The summed E-state index contributed by atoms with van der Waals surface area (Å²) in [4.78, 5) is 15.6. The molecule has 4 aromatic rings. The van der Waals surface area contributed by atoms with Crippen molar-refractivity contribution in [3.8, 4) is 23.1 Å². The van der Waals surface area contributed by atoms with Gasteiger partial charge >= 0.3 is 5.97 Å². The average molecular weight is 471 g/mol. The molecule has 6 nitrogen and oxygen atoms in total. The first-order chi connectivity index (χ1) is 17.0. The number of carboxylic acid groups (broad SMARTS) is 1. The predicted molar refractivity (Wildman–Crippen MR) is 127 cm³/mol. The van der Waals surface area contributed by atoms with Gasteiger partial charge in [-0.05, 0) is 43.2 Å². The molecule has 1 N–H and O–H groups in total. The molecule has 35 heavy (non-hydrogen) atoms. The Balaban J connectivity index is 1.24. The van der Waals surface area contributed by atoms with Crippen LogP contribution in [0.3, 0.4) is 0 Å². The Morgan fingerprint density at radius 2 is 2.00 bits per heavy atom. The molecule has 2 atom stereocenters. The van der Waals surface area contributed by atoms with Crippen molar-refractivity contribution < 1.29 is 28.5 Å². The number of aromatic nitrogens is 1. The van der Waals surface area contributed by atoms with Crippen LogP contribution in [0.15, 0.2) is 66.7 Å². The van der Waals surface area contributed by atoms with Gasteiger partial charge in [0.25, 0.3) is 0 Å². The lowest BCUT2D eigenvalue weighted by molar-refractivity contribution is -0.137. The Morgan fingerprint density at radius 1 is 1.11 bits per heavy atom. The van der Waals surface area contributed by atoms with Crippen LogP contribution in [0.5, 0.6) is 23.1 Å². The molecule has 7 heteroatoms. The number of para-hydroxylation sites is 1. The molecule has 0 radical (unpaired) electrons. The fraction of sp³-hybridized carbons (Fsp3) is 0.214.